The number of carbonyl (C=O) groups is 1. The number of carbonyl (C=O) groups excluding carboxylic acids is 1. The van der Waals surface area contributed by atoms with Gasteiger partial charge in [0.05, 0.1) is 7.11 Å². The molecule has 1 amide bonds. The lowest BCUT2D eigenvalue weighted by molar-refractivity contribution is 0.0977. The Morgan fingerprint density at radius 3 is 2.36 bits per heavy atom. The minimum Gasteiger partial charge on any atom is -0.497 e. The van der Waals surface area contributed by atoms with E-state index in [9.17, 15) is 4.79 Å². The van der Waals surface area contributed by atoms with Crippen molar-refractivity contribution in [3.8, 4) is 5.75 Å². The lowest BCUT2D eigenvalue weighted by Crippen LogP contribution is -2.34. The van der Waals surface area contributed by atoms with Gasteiger partial charge in [0.15, 0.2) is 5.11 Å². The van der Waals surface area contributed by atoms with Crippen LogP contribution in [0, 0.1) is 13.8 Å². The fourth-order valence-corrected chi connectivity index (χ4v) is 2.29. The number of aryl methyl sites for hydroxylation is 2. The molecule has 2 aromatic rings. The molecule has 2 rings (SSSR count). The highest BCUT2D eigenvalue weighted by Crippen LogP contribution is 2.15. The fraction of sp³-hybridized carbons (Fsp3) is 0.176. The summed E-state index contributed by atoms with van der Waals surface area (Å²) in [5, 5.41) is 5.91. The van der Waals surface area contributed by atoms with Gasteiger partial charge in [0.2, 0.25) is 0 Å². The lowest BCUT2D eigenvalue weighted by atomic mass is 10.1. The molecule has 0 aromatic heterocycles. The molecule has 0 atom stereocenters. The number of hydrogen-bond donors (Lipinski definition) is 2. The molecular weight excluding hydrogens is 296 g/mol. The molecule has 0 saturated carbocycles. The Bertz CT molecular complexity index is 696. The van der Waals surface area contributed by atoms with Gasteiger partial charge < -0.3 is 10.1 Å². The summed E-state index contributed by atoms with van der Waals surface area (Å²) in [6.45, 7) is 3.90. The van der Waals surface area contributed by atoms with Crippen molar-refractivity contribution in [3.05, 3.63) is 59.2 Å². The van der Waals surface area contributed by atoms with Gasteiger partial charge >= 0.3 is 0 Å². The Kier molecular flexibility index (Phi) is 5.12. The Morgan fingerprint density at radius 1 is 1.09 bits per heavy atom. The maximum atomic E-state index is 12.2. The summed E-state index contributed by atoms with van der Waals surface area (Å²) in [5.41, 5.74) is 3.44. The fourth-order valence-electron chi connectivity index (χ4n) is 2.08. The smallest absolute Gasteiger partial charge is 0.257 e. The van der Waals surface area contributed by atoms with E-state index >= 15 is 0 Å². The second-order valence-electron chi connectivity index (χ2n) is 4.96. The van der Waals surface area contributed by atoms with Gasteiger partial charge in [-0.15, -0.1) is 0 Å². The zero-order valence-electron chi connectivity index (χ0n) is 12.8. The van der Waals surface area contributed by atoms with E-state index in [0.29, 0.717) is 5.56 Å². The molecule has 0 unspecified atom stereocenters. The van der Waals surface area contributed by atoms with Crippen LogP contribution in [0.1, 0.15) is 21.5 Å². The molecule has 2 N–H and O–H groups in total. The minimum atomic E-state index is -0.219. The number of amides is 1. The lowest BCUT2D eigenvalue weighted by Gasteiger charge is -2.11. The summed E-state index contributed by atoms with van der Waals surface area (Å²) in [7, 11) is 1.61. The molecule has 0 aliphatic rings. The number of benzene rings is 2. The van der Waals surface area contributed by atoms with Crippen LogP contribution in [0.25, 0.3) is 0 Å². The zero-order valence-corrected chi connectivity index (χ0v) is 13.6. The van der Waals surface area contributed by atoms with Gasteiger partial charge in [-0.1, -0.05) is 17.7 Å². The standard InChI is InChI=1S/C17H18N2O2S/c1-11-4-9-15(12(2)10-11)16(20)19-17(22)18-13-5-7-14(21-3)8-6-13/h4-10H,1-3H3,(H2,18,19,20,22). The van der Waals surface area contributed by atoms with Crippen molar-refractivity contribution in [1.29, 1.82) is 0 Å². The molecule has 2 aromatic carbocycles. The van der Waals surface area contributed by atoms with Crippen LogP contribution in [0.5, 0.6) is 5.75 Å². The van der Waals surface area contributed by atoms with E-state index in [-0.39, 0.29) is 11.0 Å². The molecule has 0 saturated heterocycles. The van der Waals surface area contributed by atoms with E-state index in [1.54, 1.807) is 13.2 Å². The molecule has 22 heavy (non-hydrogen) atoms. The molecule has 0 spiro atoms. The van der Waals surface area contributed by atoms with Crippen LogP contribution in [0.15, 0.2) is 42.5 Å². The maximum Gasteiger partial charge on any atom is 0.257 e. The van der Waals surface area contributed by atoms with Gasteiger partial charge in [0.1, 0.15) is 5.75 Å². The molecule has 4 nitrogen and oxygen atoms in total. The van der Waals surface area contributed by atoms with Gasteiger partial charge in [0, 0.05) is 11.3 Å². The third kappa shape index (κ3) is 4.05. The molecule has 114 valence electrons. The van der Waals surface area contributed by atoms with E-state index in [2.05, 4.69) is 10.6 Å². The van der Waals surface area contributed by atoms with Crippen LogP contribution in [0.3, 0.4) is 0 Å². The quantitative estimate of drug-likeness (QED) is 0.852. The SMILES string of the molecule is COc1ccc(NC(=S)NC(=O)c2ccc(C)cc2C)cc1. The topological polar surface area (TPSA) is 50.4 Å². The average Bonchev–Trinajstić information content (AvgIpc) is 2.47. The summed E-state index contributed by atoms with van der Waals surface area (Å²) < 4.78 is 5.09. The summed E-state index contributed by atoms with van der Waals surface area (Å²) >= 11 is 5.17. The second-order valence-corrected chi connectivity index (χ2v) is 5.36. The summed E-state index contributed by atoms with van der Waals surface area (Å²) in [6, 6.07) is 13.0. The van der Waals surface area contributed by atoms with Crippen LogP contribution in [0.4, 0.5) is 5.69 Å². The van der Waals surface area contributed by atoms with Crippen LogP contribution < -0.4 is 15.4 Å². The van der Waals surface area contributed by atoms with E-state index < -0.39 is 0 Å². The van der Waals surface area contributed by atoms with Crippen LogP contribution in [-0.2, 0) is 0 Å². The number of nitrogens with one attached hydrogen (secondary N) is 2. The van der Waals surface area contributed by atoms with Crippen molar-refractivity contribution in [2.75, 3.05) is 12.4 Å². The molecular formula is C17H18N2O2S. The predicted octanol–water partition coefficient (Wildman–Crippen LogP) is 3.44. The number of ether oxygens (including phenoxy) is 1. The van der Waals surface area contributed by atoms with E-state index in [4.69, 9.17) is 17.0 Å². The maximum absolute atomic E-state index is 12.2. The minimum absolute atomic E-state index is 0.219. The third-order valence-electron chi connectivity index (χ3n) is 3.20. The number of thiocarbonyl (C=S) groups is 1. The number of hydrogen-bond acceptors (Lipinski definition) is 3. The van der Waals surface area contributed by atoms with Crippen molar-refractivity contribution in [1.82, 2.24) is 5.32 Å². The highest BCUT2D eigenvalue weighted by Gasteiger charge is 2.10. The summed E-state index contributed by atoms with van der Waals surface area (Å²) in [4.78, 5) is 12.2. The molecule has 0 aliphatic carbocycles. The van der Waals surface area contributed by atoms with Crippen molar-refractivity contribution < 1.29 is 9.53 Å². The van der Waals surface area contributed by atoms with Gasteiger partial charge in [-0.05, 0) is 62.0 Å². The van der Waals surface area contributed by atoms with Gasteiger partial charge in [0.25, 0.3) is 5.91 Å². The normalized spacial score (nSPS) is 9.95. The summed E-state index contributed by atoms with van der Waals surface area (Å²) in [5.74, 6) is 0.541. The van der Waals surface area contributed by atoms with E-state index in [1.165, 1.54) is 0 Å². The van der Waals surface area contributed by atoms with E-state index in [0.717, 1.165) is 22.6 Å². The highest BCUT2D eigenvalue weighted by molar-refractivity contribution is 7.80. The zero-order chi connectivity index (χ0) is 16.1. The van der Waals surface area contributed by atoms with Crippen LogP contribution >= 0.6 is 12.2 Å². The Hall–Kier alpha value is -2.40. The first-order chi connectivity index (χ1) is 10.5. The van der Waals surface area contributed by atoms with Crippen molar-refractivity contribution in [2.24, 2.45) is 0 Å². The summed E-state index contributed by atoms with van der Waals surface area (Å²) in [6.07, 6.45) is 0. The number of rotatable bonds is 3. The molecule has 0 radical (unpaired) electrons. The van der Waals surface area contributed by atoms with Gasteiger partial charge in [-0.3, -0.25) is 10.1 Å². The number of methoxy groups -OCH3 is 1. The first-order valence-electron chi connectivity index (χ1n) is 6.83. The van der Waals surface area contributed by atoms with Crippen LogP contribution in [-0.4, -0.2) is 18.1 Å². The first kappa shape index (κ1) is 16.0. The Labute approximate surface area is 135 Å². The third-order valence-corrected chi connectivity index (χ3v) is 3.41. The van der Waals surface area contributed by atoms with E-state index in [1.807, 2.05) is 50.2 Å². The van der Waals surface area contributed by atoms with Crippen LogP contribution in [0.2, 0.25) is 0 Å². The van der Waals surface area contributed by atoms with Crippen molar-refractivity contribution in [3.63, 3.8) is 0 Å². The molecule has 0 bridgehead atoms. The Balaban J connectivity index is 2.00. The molecule has 0 heterocycles. The molecule has 0 aliphatic heterocycles. The van der Waals surface area contributed by atoms with Crippen molar-refractivity contribution >= 4 is 28.9 Å². The Morgan fingerprint density at radius 2 is 1.77 bits per heavy atom. The largest absolute Gasteiger partial charge is 0.497 e. The van der Waals surface area contributed by atoms with Crippen molar-refractivity contribution in [2.45, 2.75) is 13.8 Å². The molecule has 5 heteroatoms. The van der Waals surface area contributed by atoms with Gasteiger partial charge in [-0.25, -0.2) is 0 Å². The molecule has 0 fully saturated rings. The van der Waals surface area contributed by atoms with Gasteiger partial charge in [-0.2, -0.15) is 0 Å². The second kappa shape index (κ2) is 7.04. The number of anilines is 1. The predicted molar refractivity (Wildman–Crippen MR) is 92.6 cm³/mol. The first-order valence-corrected chi connectivity index (χ1v) is 7.24. The highest BCUT2D eigenvalue weighted by atomic mass is 32.1. The average molecular weight is 314 g/mol. The monoisotopic (exact) mass is 314 g/mol.